The van der Waals surface area contributed by atoms with E-state index in [1.807, 2.05) is 24.4 Å². The Morgan fingerprint density at radius 3 is 2.95 bits per heavy atom. The molecule has 2 heterocycles. The van der Waals surface area contributed by atoms with Gasteiger partial charge in [-0.1, -0.05) is 12.1 Å². The predicted molar refractivity (Wildman–Crippen MR) is 78.9 cm³/mol. The molecule has 1 N–H and O–H groups in total. The summed E-state index contributed by atoms with van der Waals surface area (Å²) in [4.78, 5) is 17.6. The highest BCUT2D eigenvalue weighted by atomic mass is 16.5. The number of para-hydroxylation sites is 1. The molecular weight excluding hydrogens is 268 g/mol. The van der Waals surface area contributed by atoms with E-state index in [9.17, 15) is 9.90 Å². The zero-order chi connectivity index (χ0) is 14.8. The molecule has 5 nitrogen and oxygen atoms in total. The van der Waals surface area contributed by atoms with E-state index in [0.717, 1.165) is 11.3 Å². The molecular formula is C16H16N2O3. The monoisotopic (exact) mass is 284 g/mol. The third-order valence-corrected chi connectivity index (χ3v) is 3.75. The number of ether oxygens (including phenoxy) is 1. The number of pyridine rings is 1. The van der Waals surface area contributed by atoms with Crippen LogP contribution in [0.3, 0.4) is 0 Å². The summed E-state index contributed by atoms with van der Waals surface area (Å²) in [5.41, 5.74) is 2.11. The molecule has 0 saturated carbocycles. The fraction of sp³-hybridized carbons (Fsp3) is 0.250. The Labute approximate surface area is 122 Å². The Hall–Kier alpha value is -2.56. The van der Waals surface area contributed by atoms with Gasteiger partial charge < -0.3 is 14.7 Å². The van der Waals surface area contributed by atoms with Crippen molar-refractivity contribution in [2.75, 3.05) is 18.1 Å². The number of aromatic carboxylic acids is 1. The summed E-state index contributed by atoms with van der Waals surface area (Å²) in [6, 6.07) is 9.24. The largest absolute Gasteiger partial charge is 0.489 e. The molecule has 0 saturated heterocycles. The minimum atomic E-state index is -0.970. The first kappa shape index (κ1) is 13.4. The van der Waals surface area contributed by atoms with E-state index in [1.54, 1.807) is 18.3 Å². The van der Waals surface area contributed by atoms with Crippen LogP contribution in [0.25, 0.3) is 0 Å². The molecule has 0 amide bonds. The minimum Gasteiger partial charge on any atom is -0.489 e. The maximum atomic E-state index is 11.3. The maximum absolute atomic E-state index is 11.3. The number of rotatable bonds is 3. The number of aromatic nitrogens is 1. The van der Waals surface area contributed by atoms with Gasteiger partial charge in [-0.25, -0.2) is 4.79 Å². The molecule has 0 radical (unpaired) electrons. The van der Waals surface area contributed by atoms with E-state index in [1.165, 1.54) is 0 Å². The van der Waals surface area contributed by atoms with Crippen LogP contribution < -0.4 is 9.64 Å². The van der Waals surface area contributed by atoms with Crippen LogP contribution in [0.15, 0.2) is 42.7 Å². The number of benzene rings is 1. The van der Waals surface area contributed by atoms with Gasteiger partial charge in [0.25, 0.3) is 0 Å². The summed E-state index contributed by atoms with van der Waals surface area (Å²) in [6.07, 6.45) is 3.58. The highest BCUT2D eigenvalue weighted by Gasteiger charge is 2.27. The van der Waals surface area contributed by atoms with E-state index in [0.29, 0.717) is 18.9 Å². The summed E-state index contributed by atoms with van der Waals surface area (Å²) < 4.78 is 5.59. The van der Waals surface area contributed by atoms with Crippen LogP contribution in [-0.4, -0.2) is 29.2 Å². The predicted octanol–water partition coefficient (Wildman–Crippen LogP) is 2.74. The summed E-state index contributed by atoms with van der Waals surface area (Å²) in [5.74, 6) is -0.519. The Morgan fingerprint density at radius 1 is 1.38 bits per heavy atom. The number of carboxylic acids is 1. The highest BCUT2D eigenvalue weighted by molar-refractivity contribution is 5.93. The number of carbonyl (C=O) groups is 1. The topological polar surface area (TPSA) is 62.7 Å². The third kappa shape index (κ3) is 2.42. The lowest BCUT2D eigenvalue weighted by molar-refractivity contribution is 0.0692. The third-order valence-electron chi connectivity index (χ3n) is 3.75. The van der Waals surface area contributed by atoms with Crippen molar-refractivity contribution in [3.8, 4) is 5.75 Å². The fourth-order valence-corrected chi connectivity index (χ4v) is 2.64. The number of nitrogens with zero attached hydrogens (tertiary/aromatic N) is 2. The van der Waals surface area contributed by atoms with Gasteiger partial charge in [-0.05, 0) is 30.7 Å². The van der Waals surface area contributed by atoms with Gasteiger partial charge in [0.1, 0.15) is 12.2 Å². The van der Waals surface area contributed by atoms with E-state index in [2.05, 4.69) is 16.8 Å². The first-order valence-corrected chi connectivity index (χ1v) is 6.84. The zero-order valence-electron chi connectivity index (χ0n) is 11.7. The Morgan fingerprint density at radius 2 is 2.24 bits per heavy atom. The molecule has 1 aliphatic heterocycles. The molecule has 1 aromatic carbocycles. The quantitative estimate of drug-likeness (QED) is 0.939. The number of hydrogen-bond acceptors (Lipinski definition) is 4. The normalized spacial score (nSPS) is 15.0. The maximum Gasteiger partial charge on any atom is 0.339 e. The molecule has 3 rings (SSSR count). The number of fused-ring (bicyclic) bond motifs is 1. The molecule has 2 aromatic rings. The number of hydrogen-bond donors (Lipinski definition) is 1. The number of carboxylic acid groups (broad SMARTS) is 1. The molecule has 1 atom stereocenters. The van der Waals surface area contributed by atoms with Crippen molar-refractivity contribution in [3.05, 3.63) is 53.9 Å². The van der Waals surface area contributed by atoms with E-state index in [-0.39, 0.29) is 11.6 Å². The van der Waals surface area contributed by atoms with Crippen molar-refractivity contribution < 1.29 is 14.6 Å². The van der Waals surface area contributed by atoms with Gasteiger partial charge in [0.15, 0.2) is 5.75 Å². The van der Waals surface area contributed by atoms with Crippen molar-refractivity contribution >= 4 is 11.7 Å². The van der Waals surface area contributed by atoms with E-state index in [4.69, 9.17) is 4.74 Å². The molecule has 5 heteroatoms. The standard InChI is InChI=1S/C16H16N2O3/c1-11(12-4-3-7-17-10-12)18-8-9-21-15-13(16(19)20)5-2-6-14(15)18/h2-7,10-11H,8-9H2,1H3,(H,19,20). The Balaban J connectivity index is 2.01. The summed E-state index contributed by atoms with van der Waals surface area (Å²) >= 11 is 0. The van der Waals surface area contributed by atoms with Gasteiger partial charge in [-0.3, -0.25) is 4.98 Å². The second-order valence-corrected chi connectivity index (χ2v) is 4.96. The van der Waals surface area contributed by atoms with Crippen LogP contribution in [0.4, 0.5) is 5.69 Å². The lowest BCUT2D eigenvalue weighted by Gasteiger charge is -2.36. The van der Waals surface area contributed by atoms with Crippen LogP contribution in [0.5, 0.6) is 5.75 Å². The molecule has 0 fully saturated rings. The average Bonchev–Trinajstić information content (AvgIpc) is 2.53. The van der Waals surface area contributed by atoms with Gasteiger partial charge >= 0.3 is 5.97 Å². The van der Waals surface area contributed by atoms with Crippen LogP contribution in [-0.2, 0) is 0 Å². The molecule has 108 valence electrons. The molecule has 1 aliphatic rings. The second-order valence-electron chi connectivity index (χ2n) is 4.96. The summed E-state index contributed by atoms with van der Waals surface area (Å²) in [7, 11) is 0. The lowest BCUT2D eigenvalue weighted by atomic mass is 10.1. The van der Waals surface area contributed by atoms with Crippen LogP contribution in [0.2, 0.25) is 0 Å². The average molecular weight is 284 g/mol. The Kier molecular flexibility index (Phi) is 3.48. The minimum absolute atomic E-state index is 0.102. The first-order chi connectivity index (χ1) is 10.2. The van der Waals surface area contributed by atoms with Crippen molar-refractivity contribution in [3.63, 3.8) is 0 Å². The fourth-order valence-electron chi connectivity index (χ4n) is 2.64. The van der Waals surface area contributed by atoms with Gasteiger partial charge in [0, 0.05) is 12.4 Å². The molecule has 0 bridgehead atoms. The summed E-state index contributed by atoms with van der Waals surface area (Å²) in [5, 5.41) is 9.27. The van der Waals surface area contributed by atoms with Crippen molar-refractivity contribution in [1.29, 1.82) is 0 Å². The first-order valence-electron chi connectivity index (χ1n) is 6.84. The van der Waals surface area contributed by atoms with Crippen LogP contribution in [0.1, 0.15) is 28.9 Å². The Bertz CT molecular complexity index is 658. The van der Waals surface area contributed by atoms with Gasteiger partial charge in [-0.2, -0.15) is 0 Å². The molecule has 1 aromatic heterocycles. The second kappa shape index (κ2) is 5.44. The van der Waals surface area contributed by atoms with Crippen molar-refractivity contribution in [2.45, 2.75) is 13.0 Å². The molecule has 21 heavy (non-hydrogen) atoms. The van der Waals surface area contributed by atoms with Gasteiger partial charge in [0.05, 0.1) is 18.3 Å². The van der Waals surface area contributed by atoms with Gasteiger partial charge in [0.2, 0.25) is 0 Å². The summed E-state index contributed by atoms with van der Waals surface area (Å²) in [6.45, 7) is 3.27. The highest BCUT2D eigenvalue weighted by Crippen LogP contribution is 2.39. The smallest absolute Gasteiger partial charge is 0.339 e. The van der Waals surface area contributed by atoms with Crippen LogP contribution >= 0.6 is 0 Å². The van der Waals surface area contributed by atoms with Crippen molar-refractivity contribution in [2.24, 2.45) is 0 Å². The zero-order valence-corrected chi connectivity index (χ0v) is 11.7. The van der Waals surface area contributed by atoms with Crippen molar-refractivity contribution in [1.82, 2.24) is 4.98 Å². The van der Waals surface area contributed by atoms with E-state index >= 15 is 0 Å². The van der Waals surface area contributed by atoms with E-state index < -0.39 is 5.97 Å². The lowest BCUT2D eigenvalue weighted by Crippen LogP contribution is -2.35. The molecule has 1 unspecified atom stereocenters. The molecule has 0 aliphatic carbocycles. The van der Waals surface area contributed by atoms with Gasteiger partial charge in [-0.15, -0.1) is 0 Å². The SMILES string of the molecule is CC(c1cccnc1)N1CCOc2c(C(=O)O)cccc21. The van der Waals surface area contributed by atoms with Crippen LogP contribution in [0, 0.1) is 0 Å². The molecule has 0 spiro atoms. The number of anilines is 1.